The molecule has 0 radical (unpaired) electrons. The highest BCUT2D eigenvalue weighted by Gasteiger charge is 2.22. The lowest BCUT2D eigenvalue weighted by molar-refractivity contribution is 0.841. The molecule has 3 heteroatoms. The summed E-state index contributed by atoms with van der Waals surface area (Å²) in [5.74, 6) is 6.97. The predicted molar refractivity (Wildman–Crippen MR) is 38.0 cm³/mol. The zero-order chi connectivity index (χ0) is 6.69. The van der Waals surface area contributed by atoms with Crippen molar-refractivity contribution in [3.8, 4) is 0 Å². The van der Waals surface area contributed by atoms with Crippen molar-refractivity contribution in [2.45, 2.75) is 19.3 Å². The Labute approximate surface area is 55.3 Å². The zero-order valence-corrected chi connectivity index (χ0v) is 5.72. The highest BCUT2D eigenvalue weighted by Crippen LogP contribution is 2.32. The van der Waals surface area contributed by atoms with Gasteiger partial charge in [-0.25, -0.2) is 5.84 Å². The predicted octanol–water partition coefficient (Wildman–Crippen LogP) is 0.278. The third-order valence-electron chi connectivity index (χ3n) is 1.62. The molecule has 0 atom stereocenters. The van der Waals surface area contributed by atoms with E-state index in [0.717, 1.165) is 18.2 Å². The number of nitrogens with zero attached hydrogens (tertiary/aromatic N) is 1. The van der Waals surface area contributed by atoms with Gasteiger partial charge in [0.25, 0.3) is 0 Å². The minimum Gasteiger partial charge on any atom is -0.312 e. The largest absolute Gasteiger partial charge is 0.312 e. The molecule has 0 spiro atoms. The molecule has 3 N–H and O–H groups in total. The van der Waals surface area contributed by atoms with Gasteiger partial charge in [0.1, 0.15) is 5.84 Å². The average Bonchev–Trinajstić information content (AvgIpc) is 2.66. The van der Waals surface area contributed by atoms with Crippen molar-refractivity contribution in [2.24, 2.45) is 16.8 Å². The van der Waals surface area contributed by atoms with Crippen molar-refractivity contribution in [1.82, 2.24) is 5.43 Å². The van der Waals surface area contributed by atoms with Crippen molar-refractivity contribution >= 4 is 5.84 Å². The van der Waals surface area contributed by atoms with Crippen molar-refractivity contribution in [1.29, 1.82) is 0 Å². The van der Waals surface area contributed by atoms with E-state index in [1.54, 1.807) is 7.05 Å². The highest BCUT2D eigenvalue weighted by atomic mass is 15.2. The Morgan fingerprint density at radius 3 is 2.78 bits per heavy atom. The molecule has 0 aliphatic heterocycles. The quantitative estimate of drug-likeness (QED) is 0.242. The van der Waals surface area contributed by atoms with E-state index in [1.807, 2.05) is 0 Å². The average molecular weight is 127 g/mol. The Morgan fingerprint density at radius 2 is 2.44 bits per heavy atom. The fourth-order valence-electron chi connectivity index (χ4n) is 0.810. The summed E-state index contributed by atoms with van der Waals surface area (Å²) in [5.41, 5.74) is 2.57. The van der Waals surface area contributed by atoms with Crippen LogP contribution in [0.5, 0.6) is 0 Å². The summed E-state index contributed by atoms with van der Waals surface area (Å²) >= 11 is 0. The van der Waals surface area contributed by atoms with E-state index in [0.29, 0.717) is 0 Å². The van der Waals surface area contributed by atoms with Crippen LogP contribution in [0.15, 0.2) is 4.99 Å². The maximum Gasteiger partial charge on any atom is 0.110 e. The molecule has 1 aliphatic carbocycles. The molecule has 0 saturated heterocycles. The Bertz CT molecular complexity index is 115. The molecule has 0 unspecified atom stereocenters. The molecule has 1 fully saturated rings. The monoisotopic (exact) mass is 127 g/mol. The topological polar surface area (TPSA) is 50.4 Å². The van der Waals surface area contributed by atoms with Crippen molar-refractivity contribution in [3.05, 3.63) is 0 Å². The summed E-state index contributed by atoms with van der Waals surface area (Å²) in [4.78, 5) is 3.97. The van der Waals surface area contributed by atoms with Gasteiger partial charge in [0.05, 0.1) is 0 Å². The van der Waals surface area contributed by atoms with Crippen LogP contribution in [-0.2, 0) is 0 Å². The molecule has 0 amide bonds. The third-order valence-corrected chi connectivity index (χ3v) is 1.62. The van der Waals surface area contributed by atoms with Gasteiger partial charge in [-0.3, -0.25) is 4.99 Å². The van der Waals surface area contributed by atoms with Crippen LogP contribution >= 0.6 is 0 Å². The van der Waals surface area contributed by atoms with Crippen molar-refractivity contribution in [2.75, 3.05) is 7.05 Å². The molecule has 9 heavy (non-hydrogen) atoms. The summed E-state index contributed by atoms with van der Waals surface area (Å²) in [6, 6.07) is 0. The van der Waals surface area contributed by atoms with Gasteiger partial charge in [0, 0.05) is 13.5 Å². The van der Waals surface area contributed by atoms with E-state index >= 15 is 0 Å². The first-order valence-electron chi connectivity index (χ1n) is 3.29. The highest BCUT2D eigenvalue weighted by molar-refractivity contribution is 5.81. The van der Waals surface area contributed by atoms with Crippen LogP contribution in [-0.4, -0.2) is 12.9 Å². The maximum atomic E-state index is 5.18. The van der Waals surface area contributed by atoms with E-state index in [9.17, 15) is 0 Å². The number of hydrogen-bond acceptors (Lipinski definition) is 2. The molecular formula is C6H13N3. The fraction of sp³-hybridized carbons (Fsp3) is 0.833. The van der Waals surface area contributed by atoms with Gasteiger partial charge < -0.3 is 5.43 Å². The normalized spacial score (nSPS) is 20.0. The molecule has 1 saturated carbocycles. The minimum atomic E-state index is 0.861. The molecule has 1 rings (SSSR count). The first-order chi connectivity index (χ1) is 4.36. The van der Waals surface area contributed by atoms with E-state index in [-0.39, 0.29) is 0 Å². The van der Waals surface area contributed by atoms with E-state index in [4.69, 9.17) is 5.84 Å². The van der Waals surface area contributed by atoms with Crippen LogP contribution in [0, 0.1) is 5.92 Å². The number of nitrogens with one attached hydrogen (secondary N) is 1. The van der Waals surface area contributed by atoms with Gasteiger partial charge in [0.2, 0.25) is 0 Å². The molecule has 1 aliphatic rings. The summed E-state index contributed by atoms with van der Waals surface area (Å²) in [5, 5.41) is 0. The van der Waals surface area contributed by atoms with Crippen LogP contribution in [0.3, 0.4) is 0 Å². The Morgan fingerprint density at radius 1 is 1.78 bits per heavy atom. The second-order valence-electron chi connectivity index (χ2n) is 2.46. The minimum absolute atomic E-state index is 0.861. The van der Waals surface area contributed by atoms with E-state index in [1.165, 1.54) is 12.8 Å². The second-order valence-corrected chi connectivity index (χ2v) is 2.46. The number of amidine groups is 1. The van der Waals surface area contributed by atoms with Gasteiger partial charge >= 0.3 is 0 Å². The summed E-state index contributed by atoms with van der Waals surface area (Å²) < 4.78 is 0. The van der Waals surface area contributed by atoms with Crippen LogP contribution in [0.4, 0.5) is 0 Å². The number of nitrogens with two attached hydrogens (primary N) is 1. The number of hydrazine groups is 1. The smallest absolute Gasteiger partial charge is 0.110 e. The Kier molecular flexibility index (Phi) is 2.05. The number of aliphatic imine (C=N–C) groups is 1. The number of hydrogen-bond donors (Lipinski definition) is 2. The molecule has 52 valence electrons. The second kappa shape index (κ2) is 2.82. The molecule has 0 aromatic heterocycles. The lowest BCUT2D eigenvalue weighted by Crippen LogP contribution is -2.30. The maximum absolute atomic E-state index is 5.18. The van der Waals surface area contributed by atoms with E-state index < -0.39 is 0 Å². The van der Waals surface area contributed by atoms with Crippen LogP contribution in [0.25, 0.3) is 0 Å². The standard InChI is InChI=1S/C6H13N3/c1-8-6(9-7)4-5-2-3-5/h5H,2-4,7H2,1H3,(H,8,9). The summed E-state index contributed by atoms with van der Waals surface area (Å²) in [7, 11) is 1.76. The molecular weight excluding hydrogens is 114 g/mol. The van der Waals surface area contributed by atoms with Crippen molar-refractivity contribution < 1.29 is 0 Å². The zero-order valence-electron chi connectivity index (χ0n) is 5.72. The van der Waals surface area contributed by atoms with Gasteiger partial charge in [-0.05, 0) is 18.8 Å². The number of rotatable bonds is 2. The SMILES string of the molecule is CN=C(CC1CC1)NN. The molecule has 0 aromatic carbocycles. The van der Waals surface area contributed by atoms with E-state index in [2.05, 4.69) is 10.4 Å². The third kappa shape index (κ3) is 2.01. The van der Waals surface area contributed by atoms with Gasteiger partial charge in [-0.1, -0.05) is 0 Å². The fourth-order valence-corrected chi connectivity index (χ4v) is 0.810. The van der Waals surface area contributed by atoms with Crippen molar-refractivity contribution in [3.63, 3.8) is 0 Å². The molecule has 0 heterocycles. The molecule has 0 bridgehead atoms. The van der Waals surface area contributed by atoms with Crippen LogP contribution < -0.4 is 11.3 Å². The summed E-state index contributed by atoms with van der Waals surface area (Å²) in [6.45, 7) is 0. The lowest BCUT2D eigenvalue weighted by atomic mass is 10.3. The van der Waals surface area contributed by atoms with Crippen LogP contribution in [0.2, 0.25) is 0 Å². The van der Waals surface area contributed by atoms with Crippen LogP contribution in [0.1, 0.15) is 19.3 Å². The van der Waals surface area contributed by atoms with Gasteiger partial charge in [-0.2, -0.15) is 0 Å². The molecule has 0 aromatic rings. The lowest BCUT2D eigenvalue weighted by Gasteiger charge is -2.00. The van der Waals surface area contributed by atoms with Gasteiger partial charge in [0.15, 0.2) is 0 Å². The first-order valence-corrected chi connectivity index (χ1v) is 3.29. The summed E-state index contributed by atoms with van der Waals surface area (Å²) in [6.07, 6.45) is 3.73. The Balaban J connectivity index is 2.21. The van der Waals surface area contributed by atoms with Gasteiger partial charge in [-0.15, -0.1) is 0 Å². The first kappa shape index (κ1) is 6.55. The molecule has 3 nitrogen and oxygen atoms in total. The Hall–Kier alpha value is -0.570.